The molecule has 1 atom stereocenters. The molecule has 1 aromatic heterocycles. The smallest absolute Gasteiger partial charge is 0.154 e. The average Bonchev–Trinajstić information content (AvgIpc) is 2.59. The highest BCUT2D eigenvalue weighted by molar-refractivity contribution is 5.84. The van der Waals surface area contributed by atoms with Gasteiger partial charge in [-0.1, -0.05) is 32.9 Å². The number of Topliss-reactive ketones (excluding diaryl/α,β-unsaturated/α-hetero) is 1. The second-order valence-electron chi connectivity index (χ2n) is 5.66. The summed E-state index contributed by atoms with van der Waals surface area (Å²) in [7, 11) is 0. The van der Waals surface area contributed by atoms with E-state index in [-0.39, 0.29) is 18.2 Å². The fraction of sp³-hybridized carbons (Fsp3) is 0.389. The molecule has 0 radical (unpaired) electrons. The molecule has 1 aromatic carbocycles. The second kappa shape index (κ2) is 7.72. The van der Waals surface area contributed by atoms with E-state index in [4.69, 9.17) is 5.73 Å². The number of carbonyl (C=O) groups excluding carboxylic acids is 1. The van der Waals surface area contributed by atoms with Crippen LogP contribution in [0.25, 0.3) is 11.3 Å². The largest absolute Gasteiger partial charge is 0.399 e. The highest BCUT2D eigenvalue weighted by Crippen LogP contribution is 2.21. The molecular weight excluding hydrogens is 288 g/mol. The van der Waals surface area contributed by atoms with E-state index in [0.717, 1.165) is 35.5 Å². The number of nitrogens with two attached hydrogens (primary N) is 1. The maximum atomic E-state index is 11.9. The van der Waals surface area contributed by atoms with Gasteiger partial charge in [0, 0.05) is 17.2 Å². The third kappa shape index (κ3) is 4.28. The quantitative estimate of drug-likeness (QED) is 0.767. The topological polar surface area (TPSA) is 80.9 Å². The minimum Gasteiger partial charge on any atom is -0.399 e. The van der Waals surface area contributed by atoms with Gasteiger partial charge in [-0.3, -0.25) is 4.79 Å². The maximum absolute atomic E-state index is 11.9. The number of hydrogen-bond donors (Lipinski definition) is 2. The molecule has 0 saturated carbocycles. The van der Waals surface area contributed by atoms with E-state index >= 15 is 0 Å². The van der Waals surface area contributed by atoms with Crippen molar-refractivity contribution in [3.63, 3.8) is 0 Å². The summed E-state index contributed by atoms with van der Waals surface area (Å²) >= 11 is 0. The number of nitrogen functional groups attached to an aromatic ring is 1. The first-order chi connectivity index (χ1) is 11.0. The summed E-state index contributed by atoms with van der Waals surface area (Å²) in [5.41, 5.74) is 9.07. The van der Waals surface area contributed by atoms with Gasteiger partial charge in [0.05, 0.1) is 24.1 Å². The molecule has 2 rings (SSSR count). The summed E-state index contributed by atoms with van der Waals surface area (Å²) in [4.78, 5) is 21.1. The van der Waals surface area contributed by atoms with Gasteiger partial charge in [-0.2, -0.15) is 0 Å². The molecule has 1 heterocycles. The number of carbonyl (C=O) groups is 1. The SMILES string of the molecule is CCc1nc(-c2ccc(N)cc2)cnc1NCC(=O)C(C)CC. The second-order valence-corrected chi connectivity index (χ2v) is 5.66. The van der Waals surface area contributed by atoms with Crippen LogP contribution in [0.15, 0.2) is 30.5 Å². The highest BCUT2D eigenvalue weighted by atomic mass is 16.1. The Labute approximate surface area is 137 Å². The van der Waals surface area contributed by atoms with Gasteiger partial charge in [0.2, 0.25) is 0 Å². The van der Waals surface area contributed by atoms with Gasteiger partial charge in [-0.05, 0) is 25.0 Å². The Morgan fingerprint density at radius 3 is 2.57 bits per heavy atom. The van der Waals surface area contributed by atoms with Crippen molar-refractivity contribution in [3.05, 3.63) is 36.2 Å². The van der Waals surface area contributed by atoms with Crippen LogP contribution in [0.1, 0.15) is 32.9 Å². The monoisotopic (exact) mass is 312 g/mol. The van der Waals surface area contributed by atoms with Crippen molar-refractivity contribution in [2.75, 3.05) is 17.6 Å². The fourth-order valence-electron chi connectivity index (χ4n) is 2.19. The predicted octanol–water partition coefficient (Wildman–Crippen LogP) is 3.32. The van der Waals surface area contributed by atoms with Crippen LogP contribution in [0.5, 0.6) is 0 Å². The third-order valence-corrected chi connectivity index (χ3v) is 3.98. The van der Waals surface area contributed by atoms with Crippen molar-refractivity contribution < 1.29 is 4.79 Å². The Bertz CT molecular complexity index is 667. The van der Waals surface area contributed by atoms with Crippen LogP contribution in [0.2, 0.25) is 0 Å². The molecule has 122 valence electrons. The Morgan fingerprint density at radius 1 is 1.26 bits per heavy atom. The number of nitrogens with one attached hydrogen (secondary N) is 1. The number of benzene rings is 1. The normalized spacial score (nSPS) is 12.0. The fourth-order valence-corrected chi connectivity index (χ4v) is 2.19. The zero-order valence-corrected chi connectivity index (χ0v) is 14.0. The van der Waals surface area contributed by atoms with Crippen LogP contribution in [0, 0.1) is 5.92 Å². The summed E-state index contributed by atoms with van der Waals surface area (Å²) < 4.78 is 0. The Morgan fingerprint density at radius 2 is 1.96 bits per heavy atom. The summed E-state index contributed by atoms with van der Waals surface area (Å²) in [6.45, 7) is 6.28. The summed E-state index contributed by atoms with van der Waals surface area (Å²) in [5.74, 6) is 0.942. The van der Waals surface area contributed by atoms with E-state index in [1.165, 1.54) is 0 Å². The average molecular weight is 312 g/mol. The van der Waals surface area contributed by atoms with Crippen molar-refractivity contribution in [2.24, 2.45) is 5.92 Å². The molecule has 23 heavy (non-hydrogen) atoms. The van der Waals surface area contributed by atoms with Crippen molar-refractivity contribution in [3.8, 4) is 11.3 Å². The Balaban J connectivity index is 2.16. The van der Waals surface area contributed by atoms with Crippen LogP contribution in [-0.2, 0) is 11.2 Å². The summed E-state index contributed by atoms with van der Waals surface area (Å²) in [5, 5.41) is 3.12. The van der Waals surface area contributed by atoms with Crippen molar-refractivity contribution in [1.82, 2.24) is 9.97 Å². The van der Waals surface area contributed by atoms with Gasteiger partial charge in [-0.15, -0.1) is 0 Å². The molecule has 1 unspecified atom stereocenters. The standard InChI is InChI=1S/C18H24N4O/c1-4-12(3)17(23)11-21-18-15(5-2)22-16(10-20-18)13-6-8-14(19)9-7-13/h6-10,12H,4-5,11,19H2,1-3H3,(H,20,21). The Kier molecular flexibility index (Phi) is 5.68. The van der Waals surface area contributed by atoms with Crippen LogP contribution in [-0.4, -0.2) is 22.3 Å². The van der Waals surface area contributed by atoms with Crippen molar-refractivity contribution in [2.45, 2.75) is 33.6 Å². The number of rotatable bonds is 7. The number of aryl methyl sites for hydroxylation is 1. The van der Waals surface area contributed by atoms with E-state index in [0.29, 0.717) is 5.82 Å². The predicted molar refractivity (Wildman–Crippen MR) is 94.2 cm³/mol. The van der Waals surface area contributed by atoms with Gasteiger partial charge >= 0.3 is 0 Å². The molecule has 0 bridgehead atoms. The van der Waals surface area contributed by atoms with Crippen LogP contribution >= 0.6 is 0 Å². The molecule has 0 aliphatic rings. The molecule has 3 N–H and O–H groups in total. The van der Waals surface area contributed by atoms with E-state index in [1.807, 2.05) is 45.0 Å². The molecule has 5 heteroatoms. The third-order valence-electron chi connectivity index (χ3n) is 3.98. The molecule has 0 fully saturated rings. The lowest BCUT2D eigenvalue weighted by Crippen LogP contribution is -2.21. The zero-order valence-electron chi connectivity index (χ0n) is 14.0. The summed E-state index contributed by atoms with van der Waals surface area (Å²) in [6.07, 6.45) is 3.32. The minimum absolute atomic E-state index is 0.0644. The van der Waals surface area contributed by atoms with Crippen LogP contribution < -0.4 is 11.1 Å². The number of aromatic nitrogens is 2. The maximum Gasteiger partial charge on any atom is 0.154 e. The molecule has 0 aliphatic heterocycles. The molecule has 0 aliphatic carbocycles. The van der Waals surface area contributed by atoms with E-state index in [2.05, 4.69) is 15.3 Å². The molecule has 0 spiro atoms. The number of hydrogen-bond acceptors (Lipinski definition) is 5. The zero-order chi connectivity index (χ0) is 16.8. The van der Waals surface area contributed by atoms with Crippen molar-refractivity contribution in [1.29, 1.82) is 0 Å². The lowest BCUT2D eigenvalue weighted by atomic mass is 10.0. The lowest BCUT2D eigenvalue weighted by Gasteiger charge is -2.12. The lowest BCUT2D eigenvalue weighted by molar-refractivity contribution is -0.120. The van der Waals surface area contributed by atoms with Gasteiger partial charge in [0.25, 0.3) is 0 Å². The first kappa shape index (κ1) is 16.9. The van der Waals surface area contributed by atoms with Gasteiger partial charge in [-0.25, -0.2) is 9.97 Å². The summed E-state index contributed by atoms with van der Waals surface area (Å²) in [6, 6.07) is 7.55. The Hall–Kier alpha value is -2.43. The van der Waals surface area contributed by atoms with Crippen molar-refractivity contribution >= 4 is 17.3 Å². The molecular formula is C18H24N4O. The van der Waals surface area contributed by atoms with E-state index in [9.17, 15) is 4.79 Å². The number of nitrogens with zero attached hydrogens (tertiary/aromatic N) is 2. The minimum atomic E-state index is 0.0644. The van der Waals surface area contributed by atoms with E-state index < -0.39 is 0 Å². The van der Waals surface area contributed by atoms with E-state index in [1.54, 1.807) is 6.20 Å². The number of anilines is 2. The van der Waals surface area contributed by atoms with Crippen LogP contribution in [0.4, 0.5) is 11.5 Å². The number of ketones is 1. The van der Waals surface area contributed by atoms with Gasteiger partial charge in [0.15, 0.2) is 5.78 Å². The molecule has 2 aromatic rings. The van der Waals surface area contributed by atoms with Crippen LogP contribution in [0.3, 0.4) is 0 Å². The van der Waals surface area contributed by atoms with Gasteiger partial charge in [0.1, 0.15) is 5.82 Å². The van der Waals surface area contributed by atoms with Gasteiger partial charge < -0.3 is 11.1 Å². The molecule has 0 saturated heterocycles. The molecule has 0 amide bonds. The first-order valence-electron chi connectivity index (χ1n) is 8.03. The molecule has 5 nitrogen and oxygen atoms in total. The highest BCUT2D eigenvalue weighted by Gasteiger charge is 2.13. The first-order valence-corrected chi connectivity index (χ1v) is 8.03.